The Bertz CT molecular complexity index is 785. The Labute approximate surface area is 150 Å². The highest BCUT2D eigenvalue weighted by Crippen LogP contribution is 2.32. The second kappa shape index (κ2) is 6.55. The molecule has 0 atom stereocenters. The number of aromatic nitrogens is 2. The van der Waals surface area contributed by atoms with Crippen LogP contribution in [0, 0.1) is 5.92 Å². The molecule has 2 aromatic rings. The first-order valence-electron chi connectivity index (χ1n) is 8.59. The van der Waals surface area contributed by atoms with Crippen molar-refractivity contribution in [3.63, 3.8) is 0 Å². The molecular weight excluding hydrogens is 336 g/mol. The van der Waals surface area contributed by atoms with Crippen molar-refractivity contribution < 1.29 is 9.59 Å². The fourth-order valence-electron chi connectivity index (χ4n) is 3.48. The number of benzene rings is 1. The highest BCUT2D eigenvalue weighted by Gasteiger charge is 2.40. The molecule has 4 rings (SSSR count). The van der Waals surface area contributed by atoms with Crippen molar-refractivity contribution in [3.05, 3.63) is 35.3 Å². The Morgan fingerprint density at radius 1 is 1.08 bits per heavy atom. The summed E-state index contributed by atoms with van der Waals surface area (Å²) in [5, 5.41) is 9.98. The molecule has 7 heteroatoms. The molecule has 0 bridgehead atoms. The van der Waals surface area contributed by atoms with E-state index in [1.54, 1.807) is 9.80 Å². The number of carbonyl (C=O) groups is 2. The average molecular weight is 356 g/mol. The van der Waals surface area contributed by atoms with Gasteiger partial charge in [-0.25, -0.2) is 0 Å². The summed E-state index contributed by atoms with van der Waals surface area (Å²) in [6.07, 6.45) is 2.02. The van der Waals surface area contributed by atoms with Crippen LogP contribution in [0.25, 0.3) is 10.6 Å². The number of piperazine rings is 1. The maximum absolute atomic E-state index is 12.4. The summed E-state index contributed by atoms with van der Waals surface area (Å²) in [7, 11) is 0. The molecule has 1 saturated carbocycles. The Balaban J connectivity index is 1.41. The van der Waals surface area contributed by atoms with Crippen LogP contribution in [0.5, 0.6) is 0 Å². The zero-order chi connectivity index (χ0) is 17.4. The van der Waals surface area contributed by atoms with E-state index in [0.717, 1.165) is 28.4 Å². The molecule has 0 radical (unpaired) electrons. The number of hydrogen-bond donors (Lipinski definition) is 0. The van der Waals surface area contributed by atoms with Gasteiger partial charge in [-0.05, 0) is 18.8 Å². The smallest absolute Gasteiger partial charge is 0.312 e. The molecule has 130 valence electrons. The summed E-state index contributed by atoms with van der Waals surface area (Å²) < 4.78 is 0. The van der Waals surface area contributed by atoms with Crippen LogP contribution in [0.15, 0.2) is 30.3 Å². The van der Waals surface area contributed by atoms with Crippen molar-refractivity contribution in [1.82, 2.24) is 20.0 Å². The van der Waals surface area contributed by atoms with Crippen LogP contribution in [0.4, 0.5) is 0 Å². The lowest BCUT2D eigenvalue weighted by Gasteiger charge is -2.44. The fraction of sp³-hybridized carbons (Fsp3) is 0.444. The summed E-state index contributed by atoms with van der Waals surface area (Å²) >= 11 is 1.46. The minimum absolute atomic E-state index is 0.250. The Morgan fingerprint density at radius 3 is 2.56 bits per heavy atom. The molecule has 1 aromatic heterocycles. The zero-order valence-corrected chi connectivity index (χ0v) is 14.9. The normalized spacial score (nSPS) is 23.7. The monoisotopic (exact) mass is 356 g/mol. The largest absolute Gasteiger partial charge is 0.330 e. The third-order valence-electron chi connectivity index (χ3n) is 4.95. The number of hydrogen-bond acceptors (Lipinski definition) is 5. The van der Waals surface area contributed by atoms with E-state index in [2.05, 4.69) is 17.1 Å². The molecule has 25 heavy (non-hydrogen) atoms. The van der Waals surface area contributed by atoms with Crippen molar-refractivity contribution in [2.24, 2.45) is 5.92 Å². The molecule has 1 saturated heterocycles. The molecule has 1 aromatic carbocycles. The van der Waals surface area contributed by atoms with Crippen LogP contribution in [0.1, 0.15) is 24.8 Å². The van der Waals surface area contributed by atoms with Gasteiger partial charge in [-0.2, -0.15) is 0 Å². The summed E-state index contributed by atoms with van der Waals surface area (Å²) in [4.78, 5) is 28.2. The van der Waals surface area contributed by atoms with Gasteiger partial charge in [0.25, 0.3) is 0 Å². The van der Waals surface area contributed by atoms with E-state index in [1.165, 1.54) is 11.3 Å². The van der Waals surface area contributed by atoms with Crippen LogP contribution in [0.2, 0.25) is 0 Å². The van der Waals surface area contributed by atoms with Crippen LogP contribution >= 0.6 is 11.3 Å². The lowest BCUT2D eigenvalue weighted by molar-refractivity contribution is -0.160. The van der Waals surface area contributed by atoms with Gasteiger partial charge in [0.05, 0.1) is 6.54 Å². The number of nitrogens with zero attached hydrogens (tertiary/aromatic N) is 4. The molecule has 2 amide bonds. The van der Waals surface area contributed by atoms with Crippen molar-refractivity contribution >= 4 is 23.2 Å². The van der Waals surface area contributed by atoms with Gasteiger partial charge in [-0.15, -0.1) is 10.2 Å². The first kappa shape index (κ1) is 16.2. The number of rotatable bonds is 4. The summed E-state index contributed by atoms with van der Waals surface area (Å²) in [5.41, 5.74) is 1.01. The zero-order valence-electron chi connectivity index (χ0n) is 14.1. The van der Waals surface area contributed by atoms with Crippen LogP contribution in [0.3, 0.4) is 0 Å². The molecular formula is C18H20N4O2S. The highest BCUT2D eigenvalue weighted by atomic mass is 32.1. The molecule has 0 spiro atoms. The van der Waals surface area contributed by atoms with Gasteiger partial charge < -0.3 is 9.80 Å². The molecule has 2 aliphatic rings. The summed E-state index contributed by atoms with van der Waals surface area (Å²) in [5.74, 6) is -0.123. The third kappa shape index (κ3) is 3.16. The number of amides is 2. The molecule has 0 N–H and O–H groups in total. The second-order valence-electron chi connectivity index (χ2n) is 6.82. The molecule has 2 fully saturated rings. The highest BCUT2D eigenvalue weighted by molar-refractivity contribution is 7.14. The predicted molar refractivity (Wildman–Crippen MR) is 94.7 cm³/mol. The summed E-state index contributed by atoms with van der Waals surface area (Å²) in [6.45, 7) is 3.71. The van der Waals surface area contributed by atoms with Gasteiger partial charge >= 0.3 is 11.8 Å². The minimum atomic E-state index is -0.415. The lowest BCUT2D eigenvalue weighted by Crippen LogP contribution is -2.59. The number of carbonyl (C=O) groups excluding carboxylic acids is 2. The first-order chi connectivity index (χ1) is 12.1. The van der Waals surface area contributed by atoms with E-state index >= 15 is 0 Å². The SMILES string of the molecule is CC1CC(N2CCN(Cc3nnc(-c4ccccc4)s3)C(=O)C2=O)C1. The van der Waals surface area contributed by atoms with Gasteiger partial charge in [0.1, 0.15) is 10.0 Å². The van der Waals surface area contributed by atoms with E-state index in [9.17, 15) is 9.59 Å². The average Bonchev–Trinajstić information content (AvgIpc) is 3.06. The Morgan fingerprint density at radius 2 is 1.84 bits per heavy atom. The third-order valence-corrected chi connectivity index (χ3v) is 5.90. The van der Waals surface area contributed by atoms with Gasteiger partial charge in [-0.3, -0.25) is 9.59 Å². The van der Waals surface area contributed by atoms with E-state index in [-0.39, 0.29) is 11.9 Å². The first-order valence-corrected chi connectivity index (χ1v) is 9.41. The topological polar surface area (TPSA) is 66.4 Å². The van der Waals surface area contributed by atoms with E-state index < -0.39 is 5.91 Å². The lowest BCUT2D eigenvalue weighted by atomic mass is 9.80. The van der Waals surface area contributed by atoms with Gasteiger partial charge in [0, 0.05) is 24.7 Å². The molecule has 0 unspecified atom stereocenters. The van der Waals surface area contributed by atoms with Crippen LogP contribution < -0.4 is 0 Å². The molecule has 6 nitrogen and oxygen atoms in total. The maximum Gasteiger partial charge on any atom is 0.312 e. The van der Waals surface area contributed by atoms with E-state index in [0.29, 0.717) is 25.6 Å². The van der Waals surface area contributed by atoms with Crippen molar-refractivity contribution in [2.75, 3.05) is 13.1 Å². The standard InChI is InChI=1S/C18H20N4O2S/c1-12-9-14(10-12)22-8-7-21(17(23)18(22)24)11-15-19-20-16(25-15)13-5-3-2-4-6-13/h2-6,12,14H,7-11H2,1H3. The Kier molecular flexibility index (Phi) is 4.25. The van der Waals surface area contributed by atoms with Gasteiger partial charge in [-0.1, -0.05) is 48.6 Å². The quantitative estimate of drug-likeness (QED) is 0.788. The fourth-order valence-corrected chi connectivity index (χ4v) is 4.34. The minimum Gasteiger partial charge on any atom is -0.330 e. The molecule has 1 aliphatic heterocycles. The summed E-state index contributed by atoms with van der Waals surface area (Å²) in [6, 6.07) is 10.1. The van der Waals surface area contributed by atoms with E-state index in [1.807, 2.05) is 30.3 Å². The van der Waals surface area contributed by atoms with Crippen molar-refractivity contribution in [2.45, 2.75) is 32.4 Å². The molecule has 2 heterocycles. The Hall–Kier alpha value is -2.28. The maximum atomic E-state index is 12.4. The second-order valence-corrected chi connectivity index (χ2v) is 7.88. The van der Waals surface area contributed by atoms with Crippen molar-refractivity contribution in [3.8, 4) is 10.6 Å². The predicted octanol–water partition coefficient (Wildman–Crippen LogP) is 2.17. The molecule has 1 aliphatic carbocycles. The van der Waals surface area contributed by atoms with Gasteiger partial charge in [0.15, 0.2) is 0 Å². The van der Waals surface area contributed by atoms with Gasteiger partial charge in [0.2, 0.25) is 0 Å². The van der Waals surface area contributed by atoms with Crippen molar-refractivity contribution in [1.29, 1.82) is 0 Å². The van der Waals surface area contributed by atoms with Crippen LogP contribution in [-0.4, -0.2) is 50.9 Å². The van der Waals surface area contributed by atoms with Crippen LogP contribution in [-0.2, 0) is 16.1 Å². The van der Waals surface area contributed by atoms with E-state index in [4.69, 9.17) is 0 Å².